The van der Waals surface area contributed by atoms with Gasteiger partial charge in [-0.1, -0.05) is 0 Å². The molecular formula is C4H8B2O9. The van der Waals surface area contributed by atoms with E-state index in [0.717, 1.165) is 0 Å². The normalized spacial score (nSPS) is 14.0. The van der Waals surface area contributed by atoms with Crippen molar-refractivity contribution < 1.29 is 44.6 Å². The molecule has 0 aromatic rings. The number of hydrogen-bond donors (Lipinski definition) is 6. The molecule has 0 saturated carbocycles. The van der Waals surface area contributed by atoms with Crippen LogP contribution in [0, 0.1) is 0 Å². The molecule has 0 aromatic carbocycles. The molecule has 0 aliphatic carbocycles. The molecular weight excluding hydrogens is 214 g/mol. The Kier molecular flexibility index (Phi) is 5.43. The first-order valence-corrected chi connectivity index (χ1v) is 3.60. The molecule has 0 aliphatic rings. The summed E-state index contributed by atoms with van der Waals surface area (Å²) < 4.78 is 3.61. The summed E-state index contributed by atoms with van der Waals surface area (Å²) in [5.41, 5.74) is -1.63. The molecule has 2 atom stereocenters. The molecule has 2 unspecified atom stereocenters. The molecule has 9 nitrogen and oxygen atoms in total. The molecule has 0 saturated heterocycles. The average molecular weight is 222 g/mol. The first-order valence-electron chi connectivity index (χ1n) is 3.60. The fraction of sp³-hybridized carbons (Fsp3) is 0.500. The van der Waals surface area contributed by atoms with Crippen LogP contribution in [0.4, 0.5) is 0 Å². The lowest BCUT2D eigenvalue weighted by Crippen LogP contribution is -2.48. The number of aliphatic hydroxyl groups is 2. The van der Waals surface area contributed by atoms with Crippen LogP contribution >= 0.6 is 0 Å². The van der Waals surface area contributed by atoms with E-state index in [1.165, 1.54) is 0 Å². The van der Waals surface area contributed by atoms with Crippen LogP contribution < -0.4 is 0 Å². The van der Waals surface area contributed by atoms with E-state index in [1.54, 1.807) is 0 Å². The number of carbonyl (C=O) groups is 2. The molecule has 0 spiro atoms. The number of carbonyl (C=O) groups excluding carboxylic acids is 2. The van der Waals surface area contributed by atoms with Crippen molar-refractivity contribution in [2.45, 2.75) is 12.2 Å². The zero-order valence-corrected chi connectivity index (χ0v) is 7.22. The first-order chi connectivity index (χ1) is 6.77. The second-order valence-electron chi connectivity index (χ2n) is 2.43. The van der Waals surface area contributed by atoms with E-state index in [9.17, 15) is 9.59 Å². The zero-order valence-electron chi connectivity index (χ0n) is 7.22. The van der Waals surface area contributed by atoms with Crippen molar-refractivity contribution >= 4 is 26.1 Å². The van der Waals surface area contributed by atoms with Gasteiger partial charge in [-0.2, -0.15) is 0 Å². The summed E-state index contributed by atoms with van der Waals surface area (Å²) in [6.45, 7) is 0. The Balaban J connectivity index is 4.37. The Morgan fingerprint density at radius 1 is 1.00 bits per heavy atom. The van der Waals surface area contributed by atoms with Crippen LogP contribution in [0.5, 0.6) is 0 Å². The lowest BCUT2D eigenvalue weighted by Gasteiger charge is -2.15. The second kappa shape index (κ2) is 5.80. The molecule has 11 heteroatoms. The number of hydrogen-bond acceptors (Lipinski definition) is 9. The molecule has 0 fully saturated rings. The summed E-state index contributed by atoms with van der Waals surface area (Å²) in [7, 11) is -5.09. The summed E-state index contributed by atoms with van der Waals surface area (Å²) in [6, 6.07) is 0. The first kappa shape index (κ1) is 14.0. The summed E-state index contributed by atoms with van der Waals surface area (Å²) >= 11 is 0. The quantitative estimate of drug-likeness (QED) is 0.249. The second-order valence-corrected chi connectivity index (χ2v) is 2.43. The van der Waals surface area contributed by atoms with Gasteiger partial charge >= 0.3 is 20.4 Å². The molecule has 0 radical (unpaired) electrons. The number of rotatable bonds is 5. The third-order valence-electron chi connectivity index (χ3n) is 1.31. The predicted octanol–water partition coefficient (Wildman–Crippen LogP) is -5.20. The highest BCUT2D eigenvalue weighted by Crippen LogP contribution is 1.99. The molecule has 0 rings (SSSR count). The molecule has 0 bridgehead atoms. The van der Waals surface area contributed by atoms with Crippen molar-refractivity contribution in [1.29, 1.82) is 0 Å². The summed E-state index contributed by atoms with van der Waals surface area (Å²) in [5.74, 6) is -1.70. The van der Waals surface area contributed by atoms with Gasteiger partial charge in [0.2, 0.25) is 0 Å². The third-order valence-corrected chi connectivity index (χ3v) is 1.31. The van der Waals surface area contributed by atoms with Crippen LogP contribution in [0.15, 0.2) is 0 Å². The minimum Gasteiger partial charge on any atom is -0.483 e. The SMILES string of the molecule is O=C(OB(O)O)C(O)C(O)C(=O)B(O)O. The zero-order chi connectivity index (χ0) is 12.2. The van der Waals surface area contributed by atoms with Crippen LogP contribution in [0.2, 0.25) is 0 Å². The molecule has 0 aliphatic heterocycles. The largest absolute Gasteiger partial charge is 0.709 e. The van der Waals surface area contributed by atoms with Crippen LogP contribution in [0.1, 0.15) is 0 Å². The molecule has 0 amide bonds. The van der Waals surface area contributed by atoms with Crippen LogP contribution in [-0.2, 0) is 14.2 Å². The minimum atomic E-state index is -2.57. The highest BCUT2D eigenvalue weighted by Gasteiger charge is 2.38. The van der Waals surface area contributed by atoms with Gasteiger partial charge in [-0.3, -0.25) is 4.79 Å². The lowest BCUT2D eigenvalue weighted by atomic mass is 9.79. The van der Waals surface area contributed by atoms with E-state index in [2.05, 4.69) is 4.65 Å². The Labute approximate surface area is 83.9 Å². The standard InChI is InChI=1S/C4H8B2O9/c7-1(3(9)5(11)12)2(8)4(10)15-6(13)14/h1-2,7-8,11-14H. The maximum Gasteiger partial charge on any atom is 0.709 e. The Hall–Kier alpha value is -0.970. The van der Waals surface area contributed by atoms with Crippen LogP contribution in [0.25, 0.3) is 0 Å². The van der Waals surface area contributed by atoms with Gasteiger partial charge in [0.25, 0.3) is 0 Å². The van der Waals surface area contributed by atoms with Crippen molar-refractivity contribution in [3.8, 4) is 0 Å². The highest BCUT2D eigenvalue weighted by atomic mass is 16.7. The summed E-state index contributed by atoms with van der Waals surface area (Å²) in [6.07, 6.45) is -4.88. The fourth-order valence-electron chi connectivity index (χ4n) is 0.611. The topological polar surface area (TPSA) is 165 Å². The Morgan fingerprint density at radius 2 is 1.47 bits per heavy atom. The average Bonchev–Trinajstić information content (AvgIpc) is 2.13. The van der Waals surface area contributed by atoms with Gasteiger partial charge in [-0.25, -0.2) is 0 Å². The Bertz CT molecular complexity index is 240. The summed E-state index contributed by atoms with van der Waals surface area (Å²) in [5, 5.41) is 50.6. The molecule has 6 N–H and O–H groups in total. The van der Waals surface area contributed by atoms with Crippen molar-refractivity contribution in [1.82, 2.24) is 0 Å². The molecule has 15 heavy (non-hydrogen) atoms. The van der Waals surface area contributed by atoms with Gasteiger partial charge < -0.3 is 39.8 Å². The van der Waals surface area contributed by atoms with Crippen LogP contribution in [-0.4, -0.2) is 68.6 Å². The van der Waals surface area contributed by atoms with Gasteiger partial charge in [0.1, 0.15) is 6.10 Å². The van der Waals surface area contributed by atoms with E-state index in [4.69, 9.17) is 30.3 Å². The minimum absolute atomic E-state index is 1.63. The van der Waals surface area contributed by atoms with Crippen molar-refractivity contribution in [3.63, 3.8) is 0 Å². The van der Waals surface area contributed by atoms with Gasteiger partial charge in [0, 0.05) is 0 Å². The lowest BCUT2D eigenvalue weighted by molar-refractivity contribution is -0.155. The summed E-state index contributed by atoms with van der Waals surface area (Å²) in [4.78, 5) is 21.3. The maximum atomic E-state index is 10.7. The van der Waals surface area contributed by atoms with Gasteiger partial charge in [0.05, 0.1) is 0 Å². The van der Waals surface area contributed by atoms with Gasteiger partial charge in [-0.15, -0.1) is 0 Å². The van der Waals surface area contributed by atoms with Gasteiger partial charge in [0.15, 0.2) is 11.8 Å². The van der Waals surface area contributed by atoms with E-state index in [1.807, 2.05) is 0 Å². The van der Waals surface area contributed by atoms with E-state index < -0.39 is 38.3 Å². The predicted molar refractivity (Wildman–Crippen MR) is 43.5 cm³/mol. The van der Waals surface area contributed by atoms with Crippen molar-refractivity contribution in [2.75, 3.05) is 0 Å². The Morgan fingerprint density at radius 3 is 1.80 bits per heavy atom. The smallest absolute Gasteiger partial charge is 0.483 e. The maximum absolute atomic E-state index is 10.7. The monoisotopic (exact) mass is 222 g/mol. The van der Waals surface area contributed by atoms with E-state index in [0.29, 0.717) is 0 Å². The van der Waals surface area contributed by atoms with Crippen molar-refractivity contribution in [3.05, 3.63) is 0 Å². The van der Waals surface area contributed by atoms with E-state index >= 15 is 0 Å². The van der Waals surface area contributed by atoms with Crippen molar-refractivity contribution in [2.24, 2.45) is 0 Å². The fourth-order valence-corrected chi connectivity index (χ4v) is 0.611. The molecule has 0 aromatic heterocycles. The highest BCUT2D eigenvalue weighted by molar-refractivity contribution is 6.79. The van der Waals surface area contributed by atoms with Crippen LogP contribution in [0.3, 0.4) is 0 Å². The third kappa shape index (κ3) is 4.38. The van der Waals surface area contributed by atoms with E-state index in [-0.39, 0.29) is 0 Å². The number of aliphatic hydroxyl groups excluding tert-OH is 2. The molecule has 0 heterocycles. The molecule has 84 valence electrons. The van der Waals surface area contributed by atoms with Gasteiger partial charge in [-0.05, 0) is 0 Å².